The van der Waals surface area contributed by atoms with E-state index in [2.05, 4.69) is 20.7 Å². The van der Waals surface area contributed by atoms with E-state index in [0.717, 1.165) is 0 Å². The first kappa shape index (κ1) is 10.5. The zero-order chi connectivity index (χ0) is 11.1. The Morgan fingerprint density at radius 3 is 2.53 bits per heavy atom. The van der Waals surface area contributed by atoms with Crippen LogP contribution in [-0.4, -0.2) is 44.0 Å². The molecule has 6 heteroatoms. The number of nitrogens with zero attached hydrogens (tertiary/aromatic N) is 4. The third-order valence-electron chi connectivity index (χ3n) is 2.45. The van der Waals surface area contributed by atoms with Gasteiger partial charge in [-0.05, 0) is 26.0 Å². The second-order valence-corrected chi connectivity index (χ2v) is 5.17. The van der Waals surface area contributed by atoms with E-state index in [1.807, 2.05) is 20.8 Å². The molecule has 1 aliphatic rings. The Labute approximate surface area is 88.7 Å². The van der Waals surface area contributed by atoms with Gasteiger partial charge < -0.3 is 10.4 Å². The average Bonchev–Trinajstić information content (AvgIpc) is 2.49. The minimum Gasteiger partial charge on any atom is -0.387 e. The molecule has 1 fully saturated rings. The van der Waals surface area contributed by atoms with Crippen molar-refractivity contribution >= 4 is 0 Å². The highest BCUT2D eigenvalue weighted by molar-refractivity contribution is 5.00. The van der Waals surface area contributed by atoms with E-state index < -0.39 is 5.60 Å². The number of hydrogen-bond acceptors (Lipinski definition) is 5. The molecular formula is C9H17N5O. The maximum atomic E-state index is 9.90. The third kappa shape index (κ3) is 2.15. The van der Waals surface area contributed by atoms with E-state index in [1.54, 1.807) is 4.80 Å². The van der Waals surface area contributed by atoms with Crippen LogP contribution < -0.4 is 5.32 Å². The van der Waals surface area contributed by atoms with Crippen molar-refractivity contribution in [3.63, 3.8) is 0 Å². The molecule has 1 aromatic rings. The van der Waals surface area contributed by atoms with Crippen LogP contribution in [0.4, 0.5) is 0 Å². The summed E-state index contributed by atoms with van der Waals surface area (Å²) in [5.74, 6) is 0.605. The predicted octanol–water partition coefficient (Wildman–Crippen LogP) is -0.695. The largest absolute Gasteiger partial charge is 0.387 e. The Balaban J connectivity index is 2.07. The van der Waals surface area contributed by atoms with Crippen LogP contribution in [0.15, 0.2) is 0 Å². The van der Waals surface area contributed by atoms with Gasteiger partial charge in [0.15, 0.2) is 5.82 Å². The summed E-state index contributed by atoms with van der Waals surface area (Å²) in [5.41, 5.74) is -0.836. The maximum Gasteiger partial charge on any atom is 0.177 e. The lowest BCUT2D eigenvalue weighted by Crippen LogP contribution is -2.60. The van der Waals surface area contributed by atoms with Crippen LogP contribution in [0, 0.1) is 0 Å². The number of hydrogen-bond donors (Lipinski definition) is 2. The van der Waals surface area contributed by atoms with Crippen molar-refractivity contribution < 1.29 is 5.11 Å². The molecule has 0 unspecified atom stereocenters. The van der Waals surface area contributed by atoms with Crippen LogP contribution in [0.25, 0.3) is 0 Å². The van der Waals surface area contributed by atoms with Crippen LogP contribution in [0.5, 0.6) is 0 Å². The standard InChI is InChI=1S/C9H17N5O/c1-8(2,3)14-12-7(11-13-14)4-9(15)5-10-6-9/h10,15H,4-6H2,1-3H3. The molecule has 2 N–H and O–H groups in total. The Morgan fingerprint density at radius 1 is 1.47 bits per heavy atom. The molecule has 1 aromatic heterocycles. The van der Waals surface area contributed by atoms with Gasteiger partial charge in [0.1, 0.15) is 0 Å². The lowest BCUT2D eigenvalue weighted by molar-refractivity contribution is -0.0108. The fourth-order valence-corrected chi connectivity index (χ4v) is 1.43. The number of aliphatic hydroxyl groups is 1. The number of aromatic nitrogens is 4. The van der Waals surface area contributed by atoms with Gasteiger partial charge in [-0.2, -0.15) is 4.80 Å². The van der Waals surface area contributed by atoms with Gasteiger partial charge in [-0.15, -0.1) is 10.2 Å². The lowest BCUT2D eigenvalue weighted by Gasteiger charge is -2.36. The van der Waals surface area contributed by atoms with Crippen molar-refractivity contribution in [3.8, 4) is 0 Å². The molecule has 84 valence electrons. The fourth-order valence-electron chi connectivity index (χ4n) is 1.43. The molecule has 0 radical (unpaired) electrons. The smallest absolute Gasteiger partial charge is 0.177 e. The van der Waals surface area contributed by atoms with Gasteiger partial charge in [0.05, 0.1) is 11.1 Å². The summed E-state index contributed by atoms with van der Waals surface area (Å²) in [6, 6.07) is 0. The Morgan fingerprint density at radius 2 is 2.13 bits per heavy atom. The molecular weight excluding hydrogens is 194 g/mol. The molecule has 15 heavy (non-hydrogen) atoms. The van der Waals surface area contributed by atoms with E-state index in [9.17, 15) is 5.11 Å². The molecule has 2 rings (SSSR count). The molecule has 0 atom stereocenters. The first-order valence-electron chi connectivity index (χ1n) is 5.12. The zero-order valence-electron chi connectivity index (χ0n) is 9.36. The molecule has 0 aliphatic carbocycles. The van der Waals surface area contributed by atoms with Gasteiger partial charge in [0.2, 0.25) is 0 Å². The molecule has 1 saturated heterocycles. The molecule has 0 saturated carbocycles. The van der Waals surface area contributed by atoms with Crippen molar-refractivity contribution in [2.24, 2.45) is 0 Å². The van der Waals surface area contributed by atoms with Gasteiger partial charge in [-0.3, -0.25) is 0 Å². The van der Waals surface area contributed by atoms with Gasteiger partial charge in [0.25, 0.3) is 0 Å². The van der Waals surface area contributed by atoms with Crippen LogP contribution in [0.3, 0.4) is 0 Å². The monoisotopic (exact) mass is 211 g/mol. The number of nitrogens with one attached hydrogen (secondary N) is 1. The van der Waals surface area contributed by atoms with Crippen LogP contribution >= 0.6 is 0 Å². The third-order valence-corrected chi connectivity index (χ3v) is 2.45. The lowest BCUT2D eigenvalue weighted by atomic mass is 9.93. The molecule has 0 spiro atoms. The Hall–Kier alpha value is -1.01. The second-order valence-electron chi connectivity index (χ2n) is 5.17. The summed E-state index contributed by atoms with van der Waals surface area (Å²) in [5, 5.41) is 25.1. The number of tetrazole rings is 1. The summed E-state index contributed by atoms with van der Waals surface area (Å²) in [7, 11) is 0. The van der Waals surface area contributed by atoms with E-state index in [1.165, 1.54) is 0 Å². The summed E-state index contributed by atoms with van der Waals surface area (Å²) >= 11 is 0. The van der Waals surface area contributed by atoms with Gasteiger partial charge >= 0.3 is 0 Å². The fraction of sp³-hybridized carbons (Fsp3) is 0.889. The SMILES string of the molecule is CC(C)(C)n1nnc(CC2(O)CNC2)n1. The average molecular weight is 211 g/mol. The van der Waals surface area contributed by atoms with E-state index >= 15 is 0 Å². The maximum absolute atomic E-state index is 9.90. The topological polar surface area (TPSA) is 75.9 Å². The van der Waals surface area contributed by atoms with Crippen LogP contribution in [0.1, 0.15) is 26.6 Å². The number of β-amino-alcohol motifs (C(OH)–C–C–N with tert-alkyl or cyclic N) is 1. The normalized spacial score (nSPS) is 20.0. The van der Waals surface area contributed by atoms with Crippen LogP contribution in [-0.2, 0) is 12.0 Å². The molecule has 0 bridgehead atoms. The molecule has 0 aromatic carbocycles. The highest BCUT2D eigenvalue weighted by atomic mass is 16.3. The molecule has 6 nitrogen and oxygen atoms in total. The minimum atomic E-state index is -0.675. The minimum absolute atomic E-state index is 0.161. The summed E-state index contributed by atoms with van der Waals surface area (Å²) in [6.45, 7) is 7.25. The highest BCUT2D eigenvalue weighted by Crippen LogP contribution is 2.16. The molecule has 0 amide bonds. The van der Waals surface area contributed by atoms with Crippen molar-refractivity contribution in [1.82, 2.24) is 25.5 Å². The van der Waals surface area contributed by atoms with Crippen molar-refractivity contribution in [1.29, 1.82) is 0 Å². The summed E-state index contributed by atoms with van der Waals surface area (Å²) < 4.78 is 0. The van der Waals surface area contributed by atoms with Crippen LogP contribution in [0.2, 0.25) is 0 Å². The van der Waals surface area contributed by atoms with Gasteiger partial charge in [0, 0.05) is 19.5 Å². The van der Waals surface area contributed by atoms with Crippen molar-refractivity contribution in [2.45, 2.75) is 38.3 Å². The Kier molecular flexibility index (Phi) is 2.27. The summed E-state index contributed by atoms with van der Waals surface area (Å²) in [4.78, 5) is 1.58. The van der Waals surface area contributed by atoms with Crippen molar-refractivity contribution in [2.75, 3.05) is 13.1 Å². The first-order chi connectivity index (χ1) is 6.89. The molecule has 1 aliphatic heterocycles. The number of rotatable bonds is 2. The van der Waals surface area contributed by atoms with Gasteiger partial charge in [-0.1, -0.05) is 0 Å². The van der Waals surface area contributed by atoms with E-state index in [0.29, 0.717) is 25.3 Å². The van der Waals surface area contributed by atoms with E-state index in [-0.39, 0.29) is 5.54 Å². The molecule has 2 heterocycles. The predicted molar refractivity (Wildman–Crippen MR) is 54.3 cm³/mol. The zero-order valence-corrected chi connectivity index (χ0v) is 9.36. The van der Waals surface area contributed by atoms with E-state index in [4.69, 9.17) is 0 Å². The Bertz CT molecular complexity index is 350. The second kappa shape index (κ2) is 3.24. The highest BCUT2D eigenvalue weighted by Gasteiger charge is 2.36. The summed E-state index contributed by atoms with van der Waals surface area (Å²) in [6.07, 6.45) is 0.468. The quantitative estimate of drug-likeness (QED) is 0.677. The first-order valence-corrected chi connectivity index (χ1v) is 5.12. The van der Waals surface area contributed by atoms with Crippen molar-refractivity contribution in [3.05, 3.63) is 5.82 Å². The van der Waals surface area contributed by atoms with Gasteiger partial charge in [-0.25, -0.2) is 0 Å².